The molecule has 0 amide bonds. The number of fused-ring (bicyclic) bond motifs is 2. The zero-order chi connectivity index (χ0) is 13.5. The second-order valence-corrected chi connectivity index (χ2v) is 6.95. The van der Waals surface area contributed by atoms with E-state index in [0.717, 1.165) is 30.5 Å². The maximum atomic E-state index is 12.1. The molecule has 3 aliphatic rings. The van der Waals surface area contributed by atoms with Gasteiger partial charge in [0.1, 0.15) is 5.78 Å². The summed E-state index contributed by atoms with van der Waals surface area (Å²) in [5.74, 6) is 4.08. The molecule has 0 saturated heterocycles. The van der Waals surface area contributed by atoms with Crippen molar-refractivity contribution in [1.82, 2.24) is 10.1 Å². The number of rotatable bonds is 4. The van der Waals surface area contributed by atoms with Gasteiger partial charge in [-0.25, -0.2) is 0 Å². The van der Waals surface area contributed by atoms with Gasteiger partial charge in [0, 0.05) is 11.8 Å². The summed E-state index contributed by atoms with van der Waals surface area (Å²) in [7, 11) is 0. The van der Waals surface area contributed by atoms with E-state index in [4.69, 9.17) is 4.52 Å². The Labute approximate surface area is 119 Å². The molecular formula is C16H22N2O2. The fourth-order valence-electron chi connectivity index (χ4n) is 4.59. The smallest absolute Gasteiger partial charge is 0.234 e. The molecule has 0 N–H and O–H groups in total. The first-order chi connectivity index (χ1) is 9.79. The first kappa shape index (κ1) is 12.5. The van der Waals surface area contributed by atoms with Crippen molar-refractivity contribution in [3.63, 3.8) is 0 Å². The van der Waals surface area contributed by atoms with Crippen LogP contribution in [0.25, 0.3) is 0 Å². The first-order valence-electron chi connectivity index (χ1n) is 8.15. The SMILES string of the molecule is O=C(Cc1nc(C2CC3CCC2C3)no1)C1CCCC1. The summed E-state index contributed by atoms with van der Waals surface area (Å²) >= 11 is 0. The summed E-state index contributed by atoms with van der Waals surface area (Å²) < 4.78 is 5.33. The summed E-state index contributed by atoms with van der Waals surface area (Å²) in [6.45, 7) is 0. The third-order valence-corrected chi connectivity index (χ3v) is 5.69. The summed E-state index contributed by atoms with van der Waals surface area (Å²) in [6, 6.07) is 0. The average molecular weight is 274 g/mol. The number of Topliss-reactive ketones (excluding diaryl/α,β-unsaturated/α-hetero) is 1. The van der Waals surface area contributed by atoms with Crippen molar-refractivity contribution in [2.45, 2.75) is 63.7 Å². The average Bonchev–Trinajstić information content (AvgIpc) is 3.22. The molecule has 4 heteroatoms. The number of carbonyl (C=O) groups excluding carboxylic acids is 1. The molecule has 1 aromatic rings. The highest BCUT2D eigenvalue weighted by molar-refractivity contribution is 5.82. The van der Waals surface area contributed by atoms with Crippen LogP contribution in [0.15, 0.2) is 4.52 Å². The Morgan fingerprint density at radius 2 is 2.00 bits per heavy atom. The Kier molecular flexibility index (Phi) is 3.12. The molecule has 3 saturated carbocycles. The van der Waals surface area contributed by atoms with Gasteiger partial charge in [0.05, 0.1) is 6.42 Å². The Morgan fingerprint density at radius 1 is 1.15 bits per heavy atom. The third-order valence-electron chi connectivity index (χ3n) is 5.69. The fourth-order valence-corrected chi connectivity index (χ4v) is 4.59. The van der Waals surface area contributed by atoms with E-state index in [0.29, 0.717) is 24.0 Å². The summed E-state index contributed by atoms with van der Waals surface area (Å²) in [6.07, 6.45) is 10.1. The highest BCUT2D eigenvalue weighted by atomic mass is 16.5. The Morgan fingerprint density at radius 3 is 2.70 bits per heavy atom. The van der Waals surface area contributed by atoms with Crippen molar-refractivity contribution in [2.24, 2.45) is 17.8 Å². The topological polar surface area (TPSA) is 56.0 Å². The van der Waals surface area contributed by atoms with Crippen molar-refractivity contribution >= 4 is 5.78 Å². The lowest BCUT2D eigenvalue weighted by atomic mass is 9.88. The number of hydrogen-bond donors (Lipinski definition) is 0. The predicted octanol–water partition coefficient (Wildman–Crippen LogP) is 3.28. The van der Waals surface area contributed by atoms with Crippen molar-refractivity contribution in [3.05, 3.63) is 11.7 Å². The number of carbonyl (C=O) groups is 1. The van der Waals surface area contributed by atoms with E-state index in [9.17, 15) is 4.79 Å². The summed E-state index contributed by atoms with van der Waals surface area (Å²) in [4.78, 5) is 16.7. The van der Waals surface area contributed by atoms with Gasteiger partial charge >= 0.3 is 0 Å². The zero-order valence-electron chi connectivity index (χ0n) is 11.9. The van der Waals surface area contributed by atoms with Gasteiger partial charge in [0.25, 0.3) is 0 Å². The molecule has 3 unspecified atom stereocenters. The molecule has 3 atom stereocenters. The van der Waals surface area contributed by atoms with E-state index in [1.165, 1.54) is 38.5 Å². The van der Waals surface area contributed by atoms with Crippen LogP contribution in [0.3, 0.4) is 0 Å². The monoisotopic (exact) mass is 274 g/mol. The van der Waals surface area contributed by atoms with Crippen molar-refractivity contribution in [2.75, 3.05) is 0 Å². The molecule has 20 heavy (non-hydrogen) atoms. The van der Waals surface area contributed by atoms with Gasteiger partial charge in [-0.2, -0.15) is 4.98 Å². The lowest BCUT2D eigenvalue weighted by Crippen LogP contribution is -2.14. The van der Waals surface area contributed by atoms with E-state index >= 15 is 0 Å². The summed E-state index contributed by atoms with van der Waals surface area (Å²) in [5.41, 5.74) is 0. The lowest BCUT2D eigenvalue weighted by molar-refractivity contribution is -0.122. The molecule has 2 bridgehead atoms. The zero-order valence-corrected chi connectivity index (χ0v) is 11.9. The van der Waals surface area contributed by atoms with E-state index < -0.39 is 0 Å². The minimum absolute atomic E-state index is 0.243. The molecule has 0 aliphatic heterocycles. The second kappa shape index (κ2) is 4.97. The highest BCUT2D eigenvalue weighted by Crippen LogP contribution is 2.52. The molecular weight excluding hydrogens is 252 g/mol. The van der Waals surface area contributed by atoms with Crippen molar-refractivity contribution in [3.8, 4) is 0 Å². The summed E-state index contributed by atoms with van der Waals surface area (Å²) in [5, 5.41) is 4.16. The van der Waals surface area contributed by atoms with Gasteiger partial charge in [-0.1, -0.05) is 24.4 Å². The van der Waals surface area contributed by atoms with Crippen LogP contribution in [0.1, 0.15) is 69.0 Å². The van der Waals surface area contributed by atoms with Gasteiger partial charge in [0.15, 0.2) is 5.82 Å². The standard InChI is InChI=1S/C16H22N2O2/c19-14(11-3-1-2-4-11)9-15-17-16(18-20-15)13-8-10-5-6-12(13)7-10/h10-13H,1-9H2. The van der Waals surface area contributed by atoms with Crippen molar-refractivity contribution in [1.29, 1.82) is 0 Å². The van der Waals surface area contributed by atoms with E-state index in [1.54, 1.807) is 0 Å². The molecule has 1 heterocycles. The van der Waals surface area contributed by atoms with Crippen LogP contribution in [-0.4, -0.2) is 15.9 Å². The number of nitrogens with zero attached hydrogens (tertiary/aromatic N) is 2. The van der Waals surface area contributed by atoms with Crippen LogP contribution < -0.4 is 0 Å². The van der Waals surface area contributed by atoms with E-state index in [1.807, 2.05) is 0 Å². The molecule has 0 aromatic carbocycles. The Bertz CT molecular complexity index is 504. The molecule has 108 valence electrons. The van der Waals surface area contributed by atoms with Gasteiger partial charge in [-0.3, -0.25) is 4.79 Å². The van der Waals surface area contributed by atoms with Crippen LogP contribution in [-0.2, 0) is 11.2 Å². The largest absolute Gasteiger partial charge is 0.339 e. The molecule has 0 spiro atoms. The lowest BCUT2D eigenvalue weighted by Gasteiger charge is -2.17. The minimum atomic E-state index is 0.243. The van der Waals surface area contributed by atoms with Gasteiger partial charge < -0.3 is 4.52 Å². The van der Waals surface area contributed by atoms with E-state index in [-0.39, 0.29) is 5.92 Å². The first-order valence-corrected chi connectivity index (χ1v) is 8.15. The third kappa shape index (κ3) is 2.19. The maximum absolute atomic E-state index is 12.1. The number of ketones is 1. The normalized spacial score (nSPS) is 33.1. The second-order valence-electron chi connectivity index (χ2n) is 6.95. The molecule has 4 rings (SSSR count). The predicted molar refractivity (Wildman–Crippen MR) is 73.2 cm³/mol. The Hall–Kier alpha value is -1.19. The molecule has 3 aliphatic carbocycles. The minimum Gasteiger partial charge on any atom is -0.339 e. The van der Waals surface area contributed by atoms with Crippen LogP contribution in [0.4, 0.5) is 0 Å². The van der Waals surface area contributed by atoms with Gasteiger partial charge in [0.2, 0.25) is 5.89 Å². The van der Waals surface area contributed by atoms with E-state index in [2.05, 4.69) is 10.1 Å². The number of aromatic nitrogens is 2. The number of hydrogen-bond acceptors (Lipinski definition) is 4. The highest BCUT2D eigenvalue weighted by Gasteiger charge is 2.42. The quantitative estimate of drug-likeness (QED) is 0.845. The Balaban J connectivity index is 1.41. The van der Waals surface area contributed by atoms with Crippen LogP contribution in [0.2, 0.25) is 0 Å². The molecule has 4 nitrogen and oxygen atoms in total. The van der Waals surface area contributed by atoms with Gasteiger partial charge in [-0.05, 0) is 43.9 Å². The van der Waals surface area contributed by atoms with Crippen molar-refractivity contribution < 1.29 is 9.32 Å². The van der Waals surface area contributed by atoms with Crippen LogP contribution in [0.5, 0.6) is 0 Å². The molecule has 0 radical (unpaired) electrons. The molecule has 1 aromatic heterocycles. The van der Waals surface area contributed by atoms with Crippen LogP contribution >= 0.6 is 0 Å². The fraction of sp³-hybridized carbons (Fsp3) is 0.812. The molecule has 3 fully saturated rings. The van der Waals surface area contributed by atoms with Crippen LogP contribution in [0, 0.1) is 17.8 Å². The van der Waals surface area contributed by atoms with Gasteiger partial charge in [-0.15, -0.1) is 0 Å². The maximum Gasteiger partial charge on any atom is 0.234 e.